The average Bonchev–Trinajstić information content (AvgIpc) is 2.30. The molecule has 0 bridgehead atoms. The third kappa shape index (κ3) is 3.23. The van der Waals surface area contributed by atoms with Gasteiger partial charge in [-0.2, -0.15) is 0 Å². The third-order valence-electron chi connectivity index (χ3n) is 3.18. The van der Waals surface area contributed by atoms with E-state index >= 15 is 0 Å². The van der Waals surface area contributed by atoms with Gasteiger partial charge in [-0.1, -0.05) is 12.1 Å². The SMILES string of the molecule is CCOC(=O)C1CC(OCc2ccc(N)cc2)C1. The summed E-state index contributed by atoms with van der Waals surface area (Å²) in [5, 5.41) is 0. The Labute approximate surface area is 107 Å². The summed E-state index contributed by atoms with van der Waals surface area (Å²) in [6.07, 6.45) is 1.72. The quantitative estimate of drug-likeness (QED) is 0.641. The number of nitrogen functional groups attached to an aromatic ring is 1. The fourth-order valence-electron chi connectivity index (χ4n) is 1.98. The maximum atomic E-state index is 11.4. The summed E-state index contributed by atoms with van der Waals surface area (Å²) in [6.45, 7) is 2.85. The molecule has 0 aromatic heterocycles. The molecule has 1 fully saturated rings. The molecule has 0 spiro atoms. The van der Waals surface area contributed by atoms with Crippen molar-refractivity contribution in [3.63, 3.8) is 0 Å². The van der Waals surface area contributed by atoms with Crippen LogP contribution in [0.5, 0.6) is 0 Å². The number of hydrogen-bond acceptors (Lipinski definition) is 4. The highest BCUT2D eigenvalue weighted by Crippen LogP contribution is 2.31. The summed E-state index contributed by atoms with van der Waals surface area (Å²) in [7, 11) is 0. The number of anilines is 1. The standard InChI is InChI=1S/C14H19NO3/c1-2-17-14(16)11-7-13(8-11)18-9-10-3-5-12(15)6-4-10/h3-6,11,13H,2,7-9,15H2,1H3. The van der Waals surface area contributed by atoms with Crippen LogP contribution in [-0.4, -0.2) is 18.7 Å². The molecule has 0 amide bonds. The van der Waals surface area contributed by atoms with Crippen LogP contribution in [-0.2, 0) is 20.9 Å². The second kappa shape index (κ2) is 5.87. The maximum absolute atomic E-state index is 11.4. The Kier molecular flexibility index (Phi) is 4.20. The van der Waals surface area contributed by atoms with Gasteiger partial charge in [0.25, 0.3) is 0 Å². The molecule has 1 aliphatic rings. The number of benzene rings is 1. The molecule has 0 unspecified atom stereocenters. The van der Waals surface area contributed by atoms with E-state index in [1.165, 1.54) is 0 Å². The van der Waals surface area contributed by atoms with Crippen LogP contribution in [0, 0.1) is 5.92 Å². The van der Waals surface area contributed by atoms with Crippen LogP contribution in [0.1, 0.15) is 25.3 Å². The minimum Gasteiger partial charge on any atom is -0.466 e. The first-order chi connectivity index (χ1) is 8.69. The molecule has 0 saturated heterocycles. The van der Waals surface area contributed by atoms with E-state index in [2.05, 4.69) is 0 Å². The van der Waals surface area contributed by atoms with Crippen LogP contribution in [0.25, 0.3) is 0 Å². The number of carbonyl (C=O) groups excluding carboxylic acids is 1. The summed E-state index contributed by atoms with van der Waals surface area (Å²) in [4.78, 5) is 11.4. The lowest BCUT2D eigenvalue weighted by Gasteiger charge is -2.33. The van der Waals surface area contributed by atoms with Crippen LogP contribution in [0.3, 0.4) is 0 Å². The second-order valence-electron chi connectivity index (χ2n) is 4.59. The fraction of sp³-hybridized carbons (Fsp3) is 0.500. The monoisotopic (exact) mass is 249 g/mol. The average molecular weight is 249 g/mol. The van der Waals surface area contributed by atoms with Crippen molar-refractivity contribution in [2.75, 3.05) is 12.3 Å². The lowest BCUT2D eigenvalue weighted by molar-refractivity contribution is -0.157. The van der Waals surface area contributed by atoms with Crippen molar-refractivity contribution in [1.82, 2.24) is 0 Å². The van der Waals surface area contributed by atoms with Crippen LogP contribution >= 0.6 is 0 Å². The molecule has 2 N–H and O–H groups in total. The zero-order valence-corrected chi connectivity index (χ0v) is 10.6. The first-order valence-electron chi connectivity index (χ1n) is 6.31. The summed E-state index contributed by atoms with van der Waals surface area (Å²) in [6, 6.07) is 7.63. The Morgan fingerprint density at radius 2 is 2.00 bits per heavy atom. The molecule has 1 aromatic rings. The van der Waals surface area contributed by atoms with Gasteiger partial charge in [0, 0.05) is 5.69 Å². The molecule has 4 nitrogen and oxygen atoms in total. The molecular weight excluding hydrogens is 230 g/mol. The molecule has 0 radical (unpaired) electrons. The Morgan fingerprint density at radius 1 is 1.33 bits per heavy atom. The van der Waals surface area contributed by atoms with Crippen LogP contribution in [0.4, 0.5) is 5.69 Å². The van der Waals surface area contributed by atoms with Gasteiger partial charge in [-0.3, -0.25) is 4.79 Å². The third-order valence-corrected chi connectivity index (χ3v) is 3.18. The molecular formula is C14H19NO3. The minimum atomic E-state index is -0.0927. The first-order valence-corrected chi connectivity index (χ1v) is 6.31. The fourth-order valence-corrected chi connectivity index (χ4v) is 1.98. The van der Waals surface area contributed by atoms with E-state index in [0.29, 0.717) is 13.2 Å². The Bertz CT molecular complexity index is 396. The number of hydrogen-bond donors (Lipinski definition) is 1. The zero-order chi connectivity index (χ0) is 13.0. The molecule has 2 rings (SSSR count). The van der Waals surface area contributed by atoms with E-state index in [9.17, 15) is 4.79 Å². The first kappa shape index (κ1) is 12.9. The topological polar surface area (TPSA) is 61.5 Å². The van der Waals surface area contributed by atoms with Gasteiger partial charge in [0.15, 0.2) is 0 Å². The van der Waals surface area contributed by atoms with Crippen LogP contribution < -0.4 is 5.73 Å². The van der Waals surface area contributed by atoms with Gasteiger partial charge in [-0.25, -0.2) is 0 Å². The largest absolute Gasteiger partial charge is 0.466 e. The van der Waals surface area contributed by atoms with E-state index < -0.39 is 0 Å². The molecule has 0 atom stereocenters. The minimum absolute atomic E-state index is 0.0290. The van der Waals surface area contributed by atoms with E-state index in [1.807, 2.05) is 31.2 Å². The van der Waals surface area contributed by atoms with Gasteiger partial charge in [0.05, 0.1) is 25.2 Å². The van der Waals surface area contributed by atoms with Gasteiger partial charge in [0.1, 0.15) is 0 Å². The number of ether oxygens (including phenoxy) is 2. The van der Waals surface area contributed by atoms with Gasteiger partial charge >= 0.3 is 5.97 Å². The smallest absolute Gasteiger partial charge is 0.309 e. The summed E-state index contributed by atoms with van der Waals surface area (Å²) in [5.41, 5.74) is 7.46. The molecule has 98 valence electrons. The van der Waals surface area contributed by atoms with Crippen molar-refractivity contribution in [2.24, 2.45) is 5.92 Å². The van der Waals surface area contributed by atoms with Gasteiger partial charge in [-0.05, 0) is 37.5 Å². The second-order valence-corrected chi connectivity index (χ2v) is 4.59. The molecule has 0 aliphatic heterocycles. The molecule has 1 aromatic carbocycles. The Morgan fingerprint density at radius 3 is 2.61 bits per heavy atom. The van der Waals surface area contributed by atoms with Crippen molar-refractivity contribution in [3.8, 4) is 0 Å². The highest BCUT2D eigenvalue weighted by atomic mass is 16.5. The predicted octanol–water partition coefficient (Wildman–Crippen LogP) is 2.13. The van der Waals surface area contributed by atoms with E-state index in [-0.39, 0.29) is 18.0 Å². The number of esters is 1. The van der Waals surface area contributed by atoms with Crippen LogP contribution in [0.2, 0.25) is 0 Å². The van der Waals surface area contributed by atoms with E-state index in [1.54, 1.807) is 0 Å². The predicted molar refractivity (Wildman–Crippen MR) is 68.8 cm³/mol. The van der Waals surface area contributed by atoms with Crippen molar-refractivity contribution in [1.29, 1.82) is 0 Å². The van der Waals surface area contributed by atoms with E-state index in [0.717, 1.165) is 24.1 Å². The zero-order valence-electron chi connectivity index (χ0n) is 10.6. The lowest BCUT2D eigenvalue weighted by atomic mass is 9.82. The van der Waals surface area contributed by atoms with Crippen molar-refractivity contribution in [3.05, 3.63) is 29.8 Å². The normalized spacial score (nSPS) is 22.3. The van der Waals surface area contributed by atoms with Gasteiger partial charge in [-0.15, -0.1) is 0 Å². The number of carbonyl (C=O) groups is 1. The maximum Gasteiger partial charge on any atom is 0.309 e. The Hall–Kier alpha value is -1.55. The van der Waals surface area contributed by atoms with Gasteiger partial charge in [0.2, 0.25) is 0 Å². The summed E-state index contributed by atoms with van der Waals surface area (Å²) >= 11 is 0. The molecule has 0 heterocycles. The lowest BCUT2D eigenvalue weighted by Crippen LogP contribution is -2.37. The van der Waals surface area contributed by atoms with E-state index in [4.69, 9.17) is 15.2 Å². The number of rotatable bonds is 5. The molecule has 1 aliphatic carbocycles. The summed E-state index contributed by atoms with van der Waals surface area (Å²) in [5.74, 6) is -0.0637. The molecule has 1 saturated carbocycles. The van der Waals surface area contributed by atoms with Crippen molar-refractivity contribution in [2.45, 2.75) is 32.5 Å². The molecule has 4 heteroatoms. The van der Waals surface area contributed by atoms with Crippen molar-refractivity contribution >= 4 is 11.7 Å². The van der Waals surface area contributed by atoms with Crippen LogP contribution in [0.15, 0.2) is 24.3 Å². The highest BCUT2D eigenvalue weighted by molar-refractivity contribution is 5.73. The van der Waals surface area contributed by atoms with Crippen molar-refractivity contribution < 1.29 is 14.3 Å². The number of nitrogens with two attached hydrogens (primary N) is 1. The summed E-state index contributed by atoms with van der Waals surface area (Å²) < 4.78 is 10.7. The highest BCUT2D eigenvalue weighted by Gasteiger charge is 2.36. The molecule has 18 heavy (non-hydrogen) atoms. The van der Waals surface area contributed by atoms with Gasteiger partial charge < -0.3 is 15.2 Å². The Balaban J connectivity index is 1.68.